The fraction of sp³-hybridized carbons (Fsp3) is 0.0192. The van der Waals surface area contributed by atoms with Crippen LogP contribution in [0.2, 0.25) is 0 Å². The summed E-state index contributed by atoms with van der Waals surface area (Å²) in [4.78, 5) is 9.38. The third kappa shape index (κ3) is 11.9. The molecule has 0 aliphatic rings. The van der Waals surface area contributed by atoms with Gasteiger partial charge in [-0.25, -0.2) is 0 Å². The van der Waals surface area contributed by atoms with Gasteiger partial charge in [0.05, 0.1) is 11.4 Å². The van der Waals surface area contributed by atoms with Gasteiger partial charge in [-0.2, -0.15) is 0 Å². The van der Waals surface area contributed by atoms with Crippen molar-refractivity contribution in [3.8, 4) is 44.5 Å². The molecule has 4 heteroatoms. The lowest BCUT2D eigenvalue weighted by atomic mass is 9.89. The summed E-state index contributed by atoms with van der Waals surface area (Å²) in [7, 11) is 4.34. The summed E-state index contributed by atoms with van der Waals surface area (Å²) in [5.74, 6) is 0. The SMILES string of the molecule is CN(c1ccc(-c2ccc(N(c3cccc(-c4ccccc4)c3)c3cccc4ccccc34)cc2)cc1)c1cc2ccccc2c2ccccc12.CN(c1ccc(-c2ccc(N(c3cccc(-c4ccccc4)c3)c3cccc4ccccc34)cc2)cc1)c1ccc2c3cccc4cccc(c5cccc1c52)c43. The second-order valence-corrected chi connectivity index (χ2v) is 28.0. The van der Waals surface area contributed by atoms with Crippen LogP contribution in [0, 0.1) is 0 Å². The van der Waals surface area contributed by atoms with E-state index in [0.29, 0.717) is 0 Å². The lowest BCUT2D eigenvalue weighted by Crippen LogP contribution is -2.10. The minimum atomic E-state index is 1.11. The van der Waals surface area contributed by atoms with E-state index in [1.54, 1.807) is 0 Å². The van der Waals surface area contributed by atoms with Gasteiger partial charge in [-0.15, -0.1) is 0 Å². The van der Waals surface area contributed by atoms with Crippen molar-refractivity contribution in [2.75, 3.05) is 33.7 Å². The summed E-state index contributed by atoms with van der Waals surface area (Å²) < 4.78 is 0. The molecule has 0 heterocycles. The highest BCUT2D eigenvalue weighted by molar-refractivity contribution is 6.34. The Labute approximate surface area is 629 Å². The van der Waals surface area contributed by atoms with E-state index in [-0.39, 0.29) is 0 Å². The zero-order valence-electron chi connectivity index (χ0n) is 60.0. The number of hydrogen-bond acceptors (Lipinski definition) is 4. The number of benzene rings is 20. The minimum absolute atomic E-state index is 1.11. The van der Waals surface area contributed by atoms with E-state index >= 15 is 0 Å². The van der Waals surface area contributed by atoms with Crippen molar-refractivity contribution in [2.24, 2.45) is 0 Å². The van der Waals surface area contributed by atoms with Crippen molar-refractivity contribution in [2.45, 2.75) is 0 Å². The summed E-state index contributed by atoms with van der Waals surface area (Å²) in [5, 5.41) is 20.4. The first-order chi connectivity index (χ1) is 53.4. The smallest absolute Gasteiger partial charge is 0.0540 e. The summed E-state index contributed by atoms with van der Waals surface area (Å²) in [6.07, 6.45) is 0. The molecular weight excluding hydrogens is 1310 g/mol. The van der Waals surface area contributed by atoms with Gasteiger partial charge in [0.25, 0.3) is 0 Å². The second-order valence-electron chi connectivity index (χ2n) is 28.0. The fourth-order valence-electron chi connectivity index (χ4n) is 16.4. The van der Waals surface area contributed by atoms with Gasteiger partial charge < -0.3 is 19.6 Å². The minimum Gasteiger partial charge on any atom is -0.344 e. The lowest BCUT2D eigenvalue weighted by Gasteiger charge is -2.27. The molecular formula is C104H74N4. The Morgan fingerprint density at radius 1 is 0.148 bits per heavy atom. The van der Waals surface area contributed by atoms with Crippen LogP contribution in [-0.2, 0) is 0 Å². The number of rotatable bonds is 14. The van der Waals surface area contributed by atoms with E-state index in [1.165, 1.54) is 142 Å². The average molecular weight is 1380 g/mol. The van der Waals surface area contributed by atoms with Crippen LogP contribution in [-0.4, -0.2) is 14.1 Å². The maximum atomic E-state index is 2.38. The molecule has 0 unspecified atom stereocenters. The van der Waals surface area contributed by atoms with E-state index < -0.39 is 0 Å². The van der Waals surface area contributed by atoms with Crippen LogP contribution in [0.5, 0.6) is 0 Å². The van der Waals surface area contributed by atoms with Gasteiger partial charge >= 0.3 is 0 Å². The van der Waals surface area contributed by atoms with Crippen molar-refractivity contribution in [3.63, 3.8) is 0 Å². The van der Waals surface area contributed by atoms with Gasteiger partial charge in [0.1, 0.15) is 0 Å². The van der Waals surface area contributed by atoms with Crippen LogP contribution in [0.1, 0.15) is 0 Å². The number of hydrogen-bond donors (Lipinski definition) is 0. The van der Waals surface area contributed by atoms with Gasteiger partial charge in [0.2, 0.25) is 0 Å². The van der Waals surface area contributed by atoms with Crippen LogP contribution in [0.3, 0.4) is 0 Å². The highest BCUT2D eigenvalue weighted by Gasteiger charge is 2.22. The van der Waals surface area contributed by atoms with Crippen molar-refractivity contribution in [3.05, 3.63) is 413 Å². The van der Waals surface area contributed by atoms with Gasteiger partial charge in [-0.1, -0.05) is 315 Å². The Morgan fingerprint density at radius 2 is 0.472 bits per heavy atom. The maximum absolute atomic E-state index is 2.38. The standard InChI is InChI=1S/C55H38N2.C49H36N2/c1-56(52-35-34-50-48-22-9-17-41-16-8-21-47(54(41)48)49-23-11-24-51(52)55(49)50)43-30-26-38(27-31-43)39-28-32-44(33-29-39)57(53-25-10-15-40-14-5-6-20-46(40)53)45-19-7-18-42(36-45)37-12-3-2-4-13-37;1-50(49-34-40-16-6-7-20-44(40)46-22-9-10-23-47(46)49)41-29-25-36(26-30-41)37-27-31-42(32-28-37)51(48-24-12-17-38-15-5-8-21-45(38)48)43-19-11-18-39(33-43)35-13-3-2-4-14-35/h2-36H,1H3;2-34H,1H3. The topological polar surface area (TPSA) is 13.0 Å². The molecule has 20 rings (SSSR count). The number of anilines is 10. The Balaban J connectivity index is 0.000000148. The Morgan fingerprint density at radius 3 is 0.972 bits per heavy atom. The first kappa shape index (κ1) is 64.8. The van der Waals surface area contributed by atoms with Crippen molar-refractivity contribution >= 4 is 143 Å². The molecule has 0 saturated carbocycles. The summed E-state index contributed by atoms with van der Waals surface area (Å²) >= 11 is 0. The molecule has 0 aliphatic heterocycles. The summed E-state index contributed by atoms with van der Waals surface area (Å²) in [5.41, 5.74) is 21.0. The molecule has 4 nitrogen and oxygen atoms in total. The van der Waals surface area contributed by atoms with Crippen LogP contribution >= 0.6 is 0 Å². The predicted molar refractivity (Wildman–Crippen MR) is 464 cm³/mol. The van der Waals surface area contributed by atoms with E-state index in [2.05, 4.69) is 446 Å². The summed E-state index contributed by atoms with van der Waals surface area (Å²) in [6.45, 7) is 0. The molecule has 0 aromatic heterocycles. The van der Waals surface area contributed by atoms with Gasteiger partial charge in [0, 0.05) is 81.1 Å². The first-order valence-electron chi connectivity index (χ1n) is 37.1. The fourth-order valence-corrected chi connectivity index (χ4v) is 16.4. The van der Waals surface area contributed by atoms with Crippen molar-refractivity contribution in [1.29, 1.82) is 0 Å². The largest absolute Gasteiger partial charge is 0.344 e. The quantitative estimate of drug-likeness (QED) is 0.0795. The van der Waals surface area contributed by atoms with Gasteiger partial charge in [-0.3, -0.25) is 0 Å². The third-order valence-electron chi connectivity index (χ3n) is 21.8. The molecule has 20 aromatic rings. The molecule has 510 valence electrons. The van der Waals surface area contributed by atoms with E-state index in [1.807, 2.05) is 0 Å². The number of fused-ring (bicyclic) bond motifs is 7. The third-order valence-corrected chi connectivity index (χ3v) is 21.8. The molecule has 0 spiro atoms. The average Bonchev–Trinajstić information content (AvgIpc) is 0.716. The van der Waals surface area contributed by atoms with Crippen LogP contribution in [0.15, 0.2) is 413 Å². The van der Waals surface area contributed by atoms with Crippen LogP contribution in [0.4, 0.5) is 56.9 Å². The lowest BCUT2D eigenvalue weighted by molar-refractivity contribution is 1.22. The zero-order chi connectivity index (χ0) is 72.0. The molecule has 0 saturated heterocycles. The van der Waals surface area contributed by atoms with E-state index in [9.17, 15) is 0 Å². The Hall–Kier alpha value is -14.1. The highest BCUT2D eigenvalue weighted by Crippen LogP contribution is 2.47. The zero-order valence-corrected chi connectivity index (χ0v) is 60.0. The Bertz CT molecular complexity index is 6630. The molecule has 0 atom stereocenters. The molecule has 0 aliphatic carbocycles. The summed E-state index contributed by atoms with van der Waals surface area (Å²) in [6, 6.07) is 150. The van der Waals surface area contributed by atoms with Gasteiger partial charge in [0.15, 0.2) is 0 Å². The van der Waals surface area contributed by atoms with Crippen LogP contribution < -0.4 is 19.6 Å². The Kier molecular flexibility index (Phi) is 16.7. The molecule has 20 aromatic carbocycles. The molecule has 0 N–H and O–H groups in total. The second kappa shape index (κ2) is 27.9. The predicted octanol–water partition coefficient (Wildman–Crippen LogP) is 29.2. The van der Waals surface area contributed by atoms with Crippen molar-refractivity contribution in [1.82, 2.24) is 0 Å². The maximum Gasteiger partial charge on any atom is 0.0540 e. The normalized spacial score (nSPS) is 11.4. The van der Waals surface area contributed by atoms with E-state index in [4.69, 9.17) is 0 Å². The molecule has 0 bridgehead atoms. The number of nitrogens with zero attached hydrogens (tertiary/aromatic N) is 4. The first-order valence-corrected chi connectivity index (χ1v) is 37.1. The molecule has 0 amide bonds. The molecule has 108 heavy (non-hydrogen) atoms. The van der Waals surface area contributed by atoms with Crippen molar-refractivity contribution < 1.29 is 0 Å². The highest BCUT2D eigenvalue weighted by atomic mass is 15.2. The van der Waals surface area contributed by atoms with Gasteiger partial charge in [-0.05, 0) is 206 Å². The molecule has 0 fully saturated rings. The monoisotopic (exact) mass is 1380 g/mol. The van der Waals surface area contributed by atoms with E-state index in [0.717, 1.165) is 45.5 Å². The molecule has 0 radical (unpaired) electrons. The van der Waals surface area contributed by atoms with Crippen LogP contribution in [0.25, 0.3) is 131 Å².